The van der Waals surface area contributed by atoms with Gasteiger partial charge in [-0.2, -0.15) is 13.2 Å². The Morgan fingerprint density at radius 2 is 1.54 bits per heavy atom. The van der Waals surface area contributed by atoms with Gasteiger partial charge in [0.25, 0.3) is 11.8 Å². The van der Waals surface area contributed by atoms with Gasteiger partial charge in [0.15, 0.2) is 0 Å². The Labute approximate surface area is 146 Å². The van der Waals surface area contributed by atoms with Gasteiger partial charge in [0, 0.05) is 13.0 Å². The number of amides is 4. The number of nitrogens with one attached hydrogen (secondary N) is 2. The lowest BCUT2D eigenvalue weighted by molar-refractivity contribution is -0.138. The number of halogens is 3. The molecule has 0 saturated heterocycles. The number of carbonyl (C=O) groups is 4. The molecular weight excluding hydrogens is 355 g/mol. The predicted molar refractivity (Wildman–Crippen MR) is 83.1 cm³/mol. The van der Waals surface area contributed by atoms with E-state index in [9.17, 15) is 32.3 Å². The van der Waals surface area contributed by atoms with Crippen LogP contribution >= 0.6 is 0 Å². The van der Waals surface area contributed by atoms with Crippen LogP contribution in [0.25, 0.3) is 0 Å². The van der Waals surface area contributed by atoms with Crippen molar-refractivity contribution in [3.8, 4) is 0 Å². The summed E-state index contributed by atoms with van der Waals surface area (Å²) in [5.41, 5.74) is 0.617. The minimum absolute atomic E-state index is 0.0278. The second kappa shape index (κ2) is 7.98. The molecule has 0 saturated carbocycles. The van der Waals surface area contributed by atoms with Crippen LogP contribution in [-0.4, -0.2) is 54.3 Å². The van der Waals surface area contributed by atoms with Crippen molar-refractivity contribution < 1.29 is 32.3 Å². The van der Waals surface area contributed by atoms with Crippen molar-refractivity contribution in [3.05, 3.63) is 35.4 Å². The average molecular weight is 371 g/mol. The lowest BCUT2D eigenvalue weighted by Crippen LogP contribution is -2.41. The molecule has 1 heterocycles. The Morgan fingerprint density at radius 1 is 0.962 bits per heavy atom. The van der Waals surface area contributed by atoms with Crippen LogP contribution in [0.4, 0.5) is 13.2 Å². The van der Waals surface area contributed by atoms with Crippen LogP contribution in [0.2, 0.25) is 0 Å². The first-order valence-corrected chi connectivity index (χ1v) is 7.74. The van der Waals surface area contributed by atoms with E-state index in [4.69, 9.17) is 0 Å². The first-order chi connectivity index (χ1) is 12.2. The Bertz CT molecular complexity index is 699. The Kier molecular flexibility index (Phi) is 5.96. The zero-order valence-electron chi connectivity index (χ0n) is 13.6. The van der Waals surface area contributed by atoms with Gasteiger partial charge < -0.3 is 10.6 Å². The van der Waals surface area contributed by atoms with Crippen LogP contribution in [0.3, 0.4) is 0 Å². The van der Waals surface area contributed by atoms with Gasteiger partial charge in [-0.3, -0.25) is 24.1 Å². The standard InChI is InChI=1S/C16H16F3N3O4/c17-16(18,19)9-21-13(24)8-20-12(23)6-3-7-22-14(25)10-4-1-2-5-11(10)15(22)26/h1-2,4-5H,3,6-9H2,(H,20,23)(H,21,24). The fourth-order valence-corrected chi connectivity index (χ4v) is 2.37. The summed E-state index contributed by atoms with van der Waals surface area (Å²) < 4.78 is 35.8. The number of hydrogen-bond acceptors (Lipinski definition) is 4. The summed E-state index contributed by atoms with van der Waals surface area (Å²) in [6.07, 6.45) is -4.44. The SMILES string of the molecule is O=C(CCCN1C(=O)c2ccccc2C1=O)NCC(=O)NCC(F)(F)F. The molecule has 0 aromatic heterocycles. The Balaban J connectivity index is 1.70. The molecule has 2 rings (SSSR count). The number of benzene rings is 1. The maximum Gasteiger partial charge on any atom is 0.405 e. The first-order valence-electron chi connectivity index (χ1n) is 7.74. The quantitative estimate of drug-likeness (QED) is 0.695. The van der Waals surface area contributed by atoms with E-state index in [0.29, 0.717) is 11.1 Å². The molecule has 2 N–H and O–H groups in total. The van der Waals surface area contributed by atoms with E-state index < -0.39 is 42.9 Å². The van der Waals surface area contributed by atoms with Crippen LogP contribution < -0.4 is 10.6 Å². The van der Waals surface area contributed by atoms with Crippen molar-refractivity contribution in [2.75, 3.05) is 19.6 Å². The van der Waals surface area contributed by atoms with Gasteiger partial charge in [0.1, 0.15) is 6.54 Å². The van der Waals surface area contributed by atoms with E-state index in [2.05, 4.69) is 5.32 Å². The molecule has 0 bridgehead atoms. The fraction of sp³-hybridized carbons (Fsp3) is 0.375. The van der Waals surface area contributed by atoms with Crippen molar-refractivity contribution in [1.29, 1.82) is 0 Å². The van der Waals surface area contributed by atoms with Crippen LogP contribution in [0.5, 0.6) is 0 Å². The van der Waals surface area contributed by atoms with E-state index in [1.165, 1.54) is 0 Å². The largest absolute Gasteiger partial charge is 0.405 e. The first kappa shape index (κ1) is 19.4. The van der Waals surface area contributed by atoms with Crippen LogP contribution in [-0.2, 0) is 9.59 Å². The molecular formula is C16H16F3N3O4. The third-order valence-electron chi connectivity index (χ3n) is 3.60. The average Bonchev–Trinajstić information content (AvgIpc) is 2.83. The zero-order chi connectivity index (χ0) is 19.3. The second-order valence-electron chi connectivity index (χ2n) is 5.58. The van der Waals surface area contributed by atoms with E-state index in [1.54, 1.807) is 29.6 Å². The van der Waals surface area contributed by atoms with E-state index in [1.807, 2.05) is 0 Å². The molecule has 1 aliphatic heterocycles. The number of carbonyl (C=O) groups excluding carboxylic acids is 4. The van der Waals surface area contributed by atoms with E-state index in [0.717, 1.165) is 4.90 Å². The highest BCUT2D eigenvalue weighted by atomic mass is 19.4. The number of imide groups is 1. The monoisotopic (exact) mass is 371 g/mol. The molecule has 1 aromatic rings. The van der Waals surface area contributed by atoms with Crippen molar-refractivity contribution in [2.24, 2.45) is 0 Å². The number of alkyl halides is 3. The van der Waals surface area contributed by atoms with Crippen molar-refractivity contribution >= 4 is 23.6 Å². The predicted octanol–water partition coefficient (Wildman–Crippen LogP) is 0.858. The molecule has 10 heteroatoms. The summed E-state index contributed by atoms with van der Waals surface area (Å²) in [7, 11) is 0. The summed E-state index contributed by atoms with van der Waals surface area (Å²) in [5, 5.41) is 3.80. The van der Waals surface area contributed by atoms with Crippen molar-refractivity contribution in [1.82, 2.24) is 15.5 Å². The number of rotatable bonds is 7. The molecule has 0 fully saturated rings. The van der Waals surface area contributed by atoms with Gasteiger partial charge in [-0.05, 0) is 18.6 Å². The molecule has 0 spiro atoms. The normalized spacial score (nSPS) is 13.6. The fourth-order valence-electron chi connectivity index (χ4n) is 2.37. The number of nitrogens with zero attached hydrogens (tertiary/aromatic N) is 1. The summed E-state index contributed by atoms with van der Waals surface area (Å²) in [6.45, 7) is -2.02. The van der Waals surface area contributed by atoms with Gasteiger partial charge in [0.2, 0.25) is 11.8 Å². The molecule has 1 aromatic carbocycles. The molecule has 4 amide bonds. The van der Waals surface area contributed by atoms with Crippen LogP contribution in [0, 0.1) is 0 Å². The highest BCUT2D eigenvalue weighted by Crippen LogP contribution is 2.22. The molecule has 1 aliphatic rings. The highest BCUT2D eigenvalue weighted by Gasteiger charge is 2.34. The smallest absolute Gasteiger partial charge is 0.347 e. The third kappa shape index (κ3) is 5.04. The van der Waals surface area contributed by atoms with Crippen molar-refractivity contribution in [2.45, 2.75) is 19.0 Å². The van der Waals surface area contributed by atoms with Gasteiger partial charge in [0.05, 0.1) is 17.7 Å². The maximum atomic E-state index is 12.1. The Morgan fingerprint density at radius 3 is 2.08 bits per heavy atom. The lowest BCUT2D eigenvalue weighted by atomic mass is 10.1. The van der Waals surface area contributed by atoms with E-state index >= 15 is 0 Å². The molecule has 0 atom stereocenters. The van der Waals surface area contributed by atoms with E-state index in [-0.39, 0.29) is 19.4 Å². The van der Waals surface area contributed by atoms with Gasteiger partial charge >= 0.3 is 6.18 Å². The molecule has 7 nitrogen and oxygen atoms in total. The third-order valence-corrected chi connectivity index (χ3v) is 3.60. The number of hydrogen-bond donors (Lipinski definition) is 2. The Hall–Kier alpha value is -2.91. The summed E-state index contributed by atoms with van der Waals surface area (Å²) >= 11 is 0. The van der Waals surface area contributed by atoms with Gasteiger partial charge in [-0.1, -0.05) is 12.1 Å². The summed E-state index contributed by atoms with van der Waals surface area (Å²) in [4.78, 5) is 48.0. The topological polar surface area (TPSA) is 95.6 Å². The summed E-state index contributed by atoms with van der Waals surface area (Å²) in [6, 6.07) is 6.37. The lowest BCUT2D eigenvalue weighted by Gasteiger charge is -2.13. The maximum absolute atomic E-state index is 12.1. The molecule has 140 valence electrons. The number of fused-ring (bicyclic) bond motifs is 1. The van der Waals surface area contributed by atoms with Gasteiger partial charge in [-0.25, -0.2) is 0 Å². The molecule has 0 radical (unpaired) electrons. The molecule has 26 heavy (non-hydrogen) atoms. The zero-order valence-corrected chi connectivity index (χ0v) is 13.6. The minimum atomic E-state index is -4.52. The van der Waals surface area contributed by atoms with Crippen molar-refractivity contribution in [3.63, 3.8) is 0 Å². The summed E-state index contributed by atoms with van der Waals surface area (Å²) in [5.74, 6) is -2.39. The second-order valence-corrected chi connectivity index (χ2v) is 5.58. The van der Waals surface area contributed by atoms with Crippen LogP contribution in [0.1, 0.15) is 33.6 Å². The highest BCUT2D eigenvalue weighted by molar-refractivity contribution is 6.21. The minimum Gasteiger partial charge on any atom is -0.347 e. The molecule has 0 aliphatic carbocycles. The molecule has 0 unspecified atom stereocenters. The van der Waals surface area contributed by atoms with Gasteiger partial charge in [-0.15, -0.1) is 0 Å². The van der Waals surface area contributed by atoms with Crippen LogP contribution in [0.15, 0.2) is 24.3 Å².